The van der Waals surface area contributed by atoms with Crippen LogP contribution >= 0.6 is 0 Å². The number of nitrogens with one attached hydrogen (secondary N) is 2. The smallest absolute Gasteiger partial charge is 0.273 e. The number of halogens is 1. The van der Waals surface area contributed by atoms with Crippen LogP contribution in [0.15, 0.2) is 59.6 Å². The fourth-order valence-electron chi connectivity index (χ4n) is 3.90. The molecule has 5 rings (SSSR count). The van der Waals surface area contributed by atoms with Gasteiger partial charge in [-0.25, -0.2) is 19.0 Å². The Hall–Kier alpha value is -4.52. The van der Waals surface area contributed by atoms with Crippen molar-refractivity contribution in [2.75, 3.05) is 13.1 Å². The number of aromatic nitrogens is 8. The fraction of sp³-hybridized carbons (Fsp3) is 0.292. The van der Waals surface area contributed by atoms with Crippen molar-refractivity contribution in [2.24, 2.45) is 0 Å². The molecule has 0 bridgehead atoms. The van der Waals surface area contributed by atoms with E-state index in [1.807, 2.05) is 18.2 Å². The van der Waals surface area contributed by atoms with Crippen molar-refractivity contribution in [3.8, 4) is 0 Å². The molecule has 190 valence electrons. The Morgan fingerprint density at radius 1 is 1.05 bits per heavy atom. The molecule has 37 heavy (non-hydrogen) atoms. The predicted molar refractivity (Wildman–Crippen MR) is 130 cm³/mol. The molecule has 1 amide bonds. The number of pyridine rings is 1. The highest BCUT2D eigenvalue weighted by Crippen LogP contribution is 2.16. The third-order valence-electron chi connectivity index (χ3n) is 5.75. The van der Waals surface area contributed by atoms with Gasteiger partial charge in [0.2, 0.25) is 0 Å². The second-order valence-electron chi connectivity index (χ2n) is 8.23. The van der Waals surface area contributed by atoms with Crippen molar-refractivity contribution in [3.05, 3.63) is 84.1 Å². The topological polar surface area (TPSA) is 141 Å². The molecule has 0 saturated carbocycles. The number of amides is 1. The zero-order valence-electron chi connectivity index (χ0n) is 19.9. The maximum atomic E-state index is 13.7. The summed E-state index contributed by atoms with van der Waals surface area (Å²) < 4.78 is 23.0. The summed E-state index contributed by atoms with van der Waals surface area (Å²) in [6.45, 7) is 2.64. The Bertz CT molecular complexity index is 1460. The van der Waals surface area contributed by atoms with Crippen molar-refractivity contribution in [3.63, 3.8) is 0 Å². The van der Waals surface area contributed by atoms with Crippen LogP contribution in [-0.2, 0) is 32.5 Å². The van der Waals surface area contributed by atoms with Crippen LogP contribution in [0.1, 0.15) is 27.9 Å². The van der Waals surface area contributed by atoms with E-state index in [0.29, 0.717) is 38.5 Å². The first-order chi connectivity index (χ1) is 18.2. The number of oxazole rings is 1. The summed E-state index contributed by atoms with van der Waals surface area (Å²) in [5.41, 5.74) is 2.32. The number of benzene rings is 1. The van der Waals surface area contributed by atoms with Gasteiger partial charge in [0.05, 0.1) is 29.8 Å². The van der Waals surface area contributed by atoms with Crippen LogP contribution in [0.25, 0.3) is 11.0 Å². The largest absolute Gasteiger partial charge is 0.448 e. The number of fused-ring (bicyclic) bond motifs is 1. The lowest BCUT2D eigenvalue weighted by atomic mass is 10.3. The molecule has 0 aliphatic heterocycles. The van der Waals surface area contributed by atoms with Crippen LogP contribution in [0.2, 0.25) is 0 Å². The average Bonchev–Trinajstić information content (AvgIpc) is 3.67. The average molecular weight is 505 g/mol. The Balaban J connectivity index is 1.09. The molecule has 4 heterocycles. The van der Waals surface area contributed by atoms with E-state index >= 15 is 0 Å². The van der Waals surface area contributed by atoms with Crippen molar-refractivity contribution < 1.29 is 13.6 Å². The van der Waals surface area contributed by atoms with Crippen LogP contribution in [0, 0.1) is 5.82 Å². The van der Waals surface area contributed by atoms with E-state index in [1.54, 1.807) is 11.0 Å². The first-order valence-corrected chi connectivity index (χ1v) is 11.8. The van der Waals surface area contributed by atoms with E-state index in [0.717, 1.165) is 23.3 Å². The molecular formula is C24H25FN10O2. The predicted octanol–water partition coefficient (Wildman–Crippen LogP) is 1.55. The van der Waals surface area contributed by atoms with Gasteiger partial charge in [0.1, 0.15) is 24.2 Å². The molecule has 2 N–H and O–H groups in total. The van der Waals surface area contributed by atoms with Gasteiger partial charge in [-0.3, -0.25) is 9.78 Å². The van der Waals surface area contributed by atoms with Crippen LogP contribution < -0.4 is 10.6 Å². The summed E-state index contributed by atoms with van der Waals surface area (Å²) in [4.78, 5) is 25.2. The van der Waals surface area contributed by atoms with E-state index in [4.69, 9.17) is 9.40 Å². The molecule has 0 fully saturated rings. The van der Waals surface area contributed by atoms with Crippen molar-refractivity contribution in [1.82, 2.24) is 50.4 Å². The summed E-state index contributed by atoms with van der Waals surface area (Å²) in [5, 5.41) is 17.3. The standard InChI is InChI=1S/C24H25FN10O2/c25-17-4-3-9-27-19(17)14-28-24(36)20-15-37-23(31-20)8-11-26-10-7-22-30-18-5-1-2-6-21(18)35(22)13-12-34-16-29-32-33-34/h1-6,9,15-16,26H,7-8,10-14H2,(H,28,36). The van der Waals surface area contributed by atoms with Gasteiger partial charge >= 0.3 is 0 Å². The number of hydrogen-bond donors (Lipinski definition) is 2. The van der Waals surface area contributed by atoms with Crippen LogP contribution in [0.5, 0.6) is 0 Å². The lowest BCUT2D eigenvalue weighted by molar-refractivity contribution is 0.0945. The molecule has 5 aromatic rings. The summed E-state index contributed by atoms with van der Waals surface area (Å²) in [7, 11) is 0. The molecular weight excluding hydrogens is 479 g/mol. The molecule has 0 spiro atoms. The molecule has 0 atom stereocenters. The monoisotopic (exact) mass is 504 g/mol. The normalized spacial score (nSPS) is 11.3. The number of tetrazole rings is 1. The summed E-state index contributed by atoms with van der Waals surface area (Å²) in [6.07, 6.45) is 5.61. The highest BCUT2D eigenvalue weighted by atomic mass is 19.1. The van der Waals surface area contributed by atoms with Gasteiger partial charge in [-0.05, 0) is 34.7 Å². The zero-order chi connectivity index (χ0) is 25.5. The molecule has 0 aliphatic rings. The molecule has 4 aromatic heterocycles. The Kier molecular flexibility index (Phi) is 7.50. The first kappa shape index (κ1) is 24.2. The lowest BCUT2D eigenvalue weighted by Gasteiger charge is -2.09. The number of aryl methyl sites for hydroxylation is 2. The zero-order valence-corrected chi connectivity index (χ0v) is 19.9. The van der Waals surface area contributed by atoms with Gasteiger partial charge in [0.15, 0.2) is 11.6 Å². The van der Waals surface area contributed by atoms with Gasteiger partial charge in [-0.15, -0.1) is 5.10 Å². The second-order valence-corrected chi connectivity index (χ2v) is 8.23. The summed E-state index contributed by atoms with van der Waals surface area (Å²) >= 11 is 0. The van der Waals surface area contributed by atoms with Crippen molar-refractivity contribution in [2.45, 2.75) is 32.5 Å². The summed E-state index contributed by atoms with van der Waals surface area (Å²) in [5.74, 6) is 0.489. The number of para-hydroxylation sites is 2. The number of rotatable bonds is 12. The number of nitrogens with zero attached hydrogens (tertiary/aromatic N) is 8. The molecule has 1 aromatic carbocycles. The number of hydrogen-bond acceptors (Lipinski definition) is 9. The van der Waals surface area contributed by atoms with Gasteiger partial charge in [-0.2, -0.15) is 0 Å². The maximum absolute atomic E-state index is 13.7. The van der Waals surface area contributed by atoms with Crippen molar-refractivity contribution >= 4 is 16.9 Å². The van der Waals surface area contributed by atoms with E-state index in [2.05, 4.69) is 46.8 Å². The summed E-state index contributed by atoms with van der Waals surface area (Å²) in [6, 6.07) is 10.8. The molecule has 0 radical (unpaired) electrons. The van der Waals surface area contributed by atoms with Crippen molar-refractivity contribution in [1.29, 1.82) is 0 Å². The van der Waals surface area contributed by atoms with Gasteiger partial charge in [0.25, 0.3) is 5.91 Å². The first-order valence-electron chi connectivity index (χ1n) is 11.8. The number of carbonyl (C=O) groups excluding carboxylic acids is 1. The molecule has 0 unspecified atom stereocenters. The highest BCUT2D eigenvalue weighted by molar-refractivity contribution is 5.91. The number of carbonyl (C=O) groups is 1. The minimum atomic E-state index is -0.474. The third kappa shape index (κ3) is 6.01. The van der Waals surface area contributed by atoms with Crippen LogP contribution in [0.4, 0.5) is 4.39 Å². The maximum Gasteiger partial charge on any atom is 0.273 e. The van der Waals surface area contributed by atoms with Gasteiger partial charge in [0, 0.05) is 38.7 Å². The fourth-order valence-corrected chi connectivity index (χ4v) is 3.90. The van der Waals surface area contributed by atoms with E-state index in [9.17, 15) is 9.18 Å². The molecule has 0 saturated heterocycles. The lowest BCUT2D eigenvalue weighted by Crippen LogP contribution is -2.24. The highest BCUT2D eigenvalue weighted by Gasteiger charge is 2.14. The van der Waals surface area contributed by atoms with Gasteiger partial charge < -0.3 is 19.6 Å². The van der Waals surface area contributed by atoms with Crippen LogP contribution in [-0.4, -0.2) is 58.7 Å². The molecule has 12 nitrogen and oxygen atoms in total. The Labute approximate surface area is 210 Å². The quantitative estimate of drug-likeness (QED) is 0.242. The van der Waals surface area contributed by atoms with E-state index < -0.39 is 11.7 Å². The van der Waals surface area contributed by atoms with E-state index in [1.165, 1.54) is 24.6 Å². The second kappa shape index (κ2) is 11.5. The Morgan fingerprint density at radius 2 is 1.95 bits per heavy atom. The SMILES string of the molecule is O=C(NCc1ncccc1F)c1coc(CCNCCc2nc3ccccc3n2CCn2cnnn2)n1. The molecule has 13 heteroatoms. The Morgan fingerprint density at radius 3 is 2.81 bits per heavy atom. The van der Waals surface area contributed by atoms with E-state index in [-0.39, 0.29) is 17.9 Å². The van der Waals surface area contributed by atoms with Gasteiger partial charge in [-0.1, -0.05) is 12.1 Å². The third-order valence-corrected chi connectivity index (χ3v) is 5.75. The number of imidazole rings is 1. The van der Waals surface area contributed by atoms with Crippen LogP contribution in [0.3, 0.4) is 0 Å². The minimum absolute atomic E-state index is 0.0320. The molecule has 0 aliphatic carbocycles. The minimum Gasteiger partial charge on any atom is -0.448 e.